The van der Waals surface area contributed by atoms with Crippen LogP contribution in [-0.2, 0) is 0 Å². The van der Waals surface area contributed by atoms with E-state index in [4.69, 9.17) is 19.4 Å². The van der Waals surface area contributed by atoms with Gasteiger partial charge >= 0.3 is 0 Å². The van der Waals surface area contributed by atoms with Crippen molar-refractivity contribution in [1.29, 1.82) is 0 Å². The summed E-state index contributed by atoms with van der Waals surface area (Å²) in [5, 5.41) is 6.66. The van der Waals surface area contributed by atoms with Crippen molar-refractivity contribution in [3.05, 3.63) is 152 Å². The minimum absolute atomic E-state index is 0.607. The molecular formula is C41H25N3O. The fourth-order valence-electron chi connectivity index (χ4n) is 6.31. The van der Waals surface area contributed by atoms with E-state index in [0.717, 1.165) is 60.4 Å². The van der Waals surface area contributed by atoms with Gasteiger partial charge < -0.3 is 4.42 Å². The number of furan rings is 1. The van der Waals surface area contributed by atoms with Crippen molar-refractivity contribution >= 4 is 43.5 Å². The quantitative estimate of drug-likeness (QED) is 0.209. The van der Waals surface area contributed by atoms with Crippen molar-refractivity contribution in [3.63, 3.8) is 0 Å². The maximum absolute atomic E-state index is 6.52. The molecule has 9 rings (SSSR count). The molecule has 0 radical (unpaired) electrons. The second-order valence-electron chi connectivity index (χ2n) is 11.3. The Hall–Kier alpha value is -6.13. The predicted molar refractivity (Wildman–Crippen MR) is 184 cm³/mol. The molecule has 0 N–H and O–H groups in total. The number of aromatic nitrogens is 3. The minimum Gasteiger partial charge on any atom is -0.456 e. The van der Waals surface area contributed by atoms with Gasteiger partial charge in [-0.25, -0.2) is 15.0 Å². The molecule has 4 heteroatoms. The summed E-state index contributed by atoms with van der Waals surface area (Å²) in [5.74, 6) is 1.87. The second kappa shape index (κ2) is 10.2. The smallest absolute Gasteiger partial charge is 0.164 e. The number of benzene rings is 7. The Kier molecular flexibility index (Phi) is 5.78. The van der Waals surface area contributed by atoms with E-state index >= 15 is 0 Å². The molecule has 45 heavy (non-hydrogen) atoms. The fraction of sp³-hybridized carbons (Fsp3) is 0. The molecule has 210 valence electrons. The van der Waals surface area contributed by atoms with Gasteiger partial charge in [-0.2, -0.15) is 0 Å². The Bertz CT molecular complexity index is 2540. The van der Waals surface area contributed by atoms with Crippen LogP contribution >= 0.6 is 0 Å². The third kappa shape index (κ3) is 4.35. The molecule has 4 nitrogen and oxygen atoms in total. The normalized spacial score (nSPS) is 11.6. The Morgan fingerprint density at radius 2 is 0.978 bits per heavy atom. The highest BCUT2D eigenvalue weighted by Gasteiger charge is 2.19. The lowest BCUT2D eigenvalue weighted by Crippen LogP contribution is -2.00. The van der Waals surface area contributed by atoms with Crippen LogP contribution in [0.5, 0.6) is 0 Å². The lowest BCUT2D eigenvalue weighted by molar-refractivity contribution is 0.669. The molecule has 0 saturated heterocycles. The standard InChI is InChI=1S/C41H25N3O/c1-3-11-26(12-4-1)30-21-22-36-35(24-30)38-33-18-10-9-17-32(33)34(25-37(38)45-36)41-43-39(28-14-5-2-6-15-28)42-40(44-41)31-20-19-27-13-7-8-16-29(27)23-31/h1-25H. The molecule has 0 atom stereocenters. The van der Waals surface area contributed by atoms with Gasteiger partial charge in [0.15, 0.2) is 17.5 Å². The topological polar surface area (TPSA) is 51.8 Å². The van der Waals surface area contributed by atoms with E-state index in [1.165, 1.54) is 10.9 Å². The Labute approximate surface area is 259 Å². The number of nitrogens with zero attached hydrogens (tertiary/aromatic N) is 3. The minimum atomic E-state index is 0.607. The zero-order chi connectivity index (χ0) is 29.7. The third-order valence-electron chi connectivity index (χ3n) is 8.50. The van der Waals surface area contributed by atoms with Gasteiger partial charge in [-0.3, -0.25) is 0 Å². The van der Waals surface area contributed by atoms with Crippen LogP contribution in [-0.4, -0.2) is 15.0 Å². The zero-order valence-electron chi connectivity index (χ0n) is 24.2. The monoisotopic (exact) mass is 575 g/mol. The SMILES string of the molecule is c1ccc(-c2ccc3oc4cc(-c5nc(-c6ccccc6)nc(-c6ccc7ccccc7c6)n5)c5ccccc5c4c3c2)cc1. The number of hydrogen-bond donors (Lipinski definition) is 0. The molecule has 0 spiro atoms. The Balaban J connectivity index is 1.30. The molecule has 9 aromatic rings. The van der Waals surface area contributed by atoms with Crippen molar-refractivity contribution < 1.29 is 4.42 Å². The van der Waals surface area contributed by atoms with Crippen molar-refractivity contribution in [1.82, 2.24) is 15.0 Å². The van der Waals surface area contributed by atoms with E-state index < -0.39 is 0 Å². The summed E-state index contributed by atoms with van der Waals surface area (Å²) in [6.45, 7) is 0. The van der Waals surface area contributed by atoms with E-state index in [0.29, 0.717) is 17.5 Å². The van der Waals surface area contributed by atoms with Crippen molar-refractivity contribution in [3.8, 4) is 45.3 Å². The summed E-state index contributed by atoms with van der Waals surface area (Å²) in [5.41, 5.74) is 6.77. The Morgan fingerprint density at radius 3 is 1.78 bits per heavy atom. The summed E-state index contributed by atoms with van der Waals surface area (Å²) < 4.78 is 6.52. The van der Waals surface area contributed by atoms with Gasteiger partial charge in [0.1, 0.15) is 11.2 Å². The molecule has 0 amide bonds. The van der Waals surface area contributed by atoms with Gasteiger partial charge in [0.2, 0.25) is 0 Å². The van der Waals surface area contributed by atoms with Gasteiger partial charge in [0.05, 0.1) is 0 Å². The van der Waals surface area contributed by atoms with E-state index in [1.807, 2.05) is 36.4 Å². The highest BCUT2D eigenvalue weighted by molar-refractivity contribution is 6.22. The van der Waals surface area contributed by atoms with Crippen LogP contribution in [0.4, 0.5) is 0 Å². The molecule has 0 saturated carbocycles. The molecule has 0 aliphatic carbocycles. The average molecular weight is 576 g/mol. The molecular weight excluding hydrogens is 550 g/mol. The van der Waals surface area contributed by atoms with E-state index in [9.17, 15) is 0 Å². The first-order valence-corrected chi connectivity index (χ1v) is 15.0. The van der Waals surface area contributed by atoms with Crippen LogP contribution in [0.2, 0.25) is 0 Å². The first kappa shape index (κ1) is 25.4. The van der Waals surface area contributed by atoms with Crippen molar-refractivity contribution in [2.45, 2.75) is 0 Å². The zero-order valence-corrected chi connectivity index (χ0v) is 24.2. The highest BCUT2D eigenvalue weighted by atomic mass is 16.3. The number of rotatable bonds is 4. The van der Waals surface area contributed by atoms with E-state index in [2.05, 4.69) is 115 Å². The van der Waals surface area contributed by atoms with Crippen molar-refractivity contribution in [2.24, 2.45) is 0 Å². The molecule has 2 heterocycles. The summed E-state index contributed by atoms with van der Waals surface area (Å²) in [4.78, 5) is 15.1. The Morgan fingerprint density at radius 1 is 0.356 bits per heavy atom. The fourth-order valence-corrected chi connectivity index (χ4v) is 6.31. The lowest BCUT2D eigenvalue weighted by Gasteiger charge is -2.11. The van der Waals surface area contributed by atoms with E-state index in [1.54, 1.807) is 0 Å². The van der Waals surface area contributed by atoms with Gasteiger partial charge in [-0.05, 0) is 56.9 Å². The van der Waals surface area contributed by atoms with Crippen LogP contribution in [0.1, 0.15) is 0 Å². The maximum atomic E-state index is 6.52. The average Bonchev–Trinajstić information content (AvgIpc) is 3.50. The van der Waals surface area contributed by atoms with Crippen LogP contribution in [0, 0.1) is 0 Å². The van der Waals surface area contributed by atoms with Gasteiger partial charge in [-0.1, -0.05) is 127 Å². The molecule has 0 aliphatic heterocycles. The van der Waals surface area contributed by atoms with Gasteiger partial charge in [0, 0.05) is 27.5 Å². The van der Waals surface area contributed by atoms with Gasteiger partial charge in [0.25, 0.3) is 0 Å². The summed E-state index contributed by atoms with van der Waals surface area (Å²) in [6, 6.07) is 52.2. The first-order chi connectivity index (χ1) is 22.3. The van der Waals surface area contributed by atoms with Crippen LogP contribution in [0.3, 0.4) is 0 Å². The molecule has 2 aromatic heterocycles. The molecule has 0 unspecified atom stereocenters. The van der Waals surface area contributed by atoms with Crippen LogP contribution in [0.25, 0.3) is 88.8 Å². The summed E-state index contributed by atoms with van der Waals surface area (Å²) >= 11 is 0. The van der Waals surface area contributed by atoms with Crippen molar-refractivity contribution in [2.75, 3.05) is 0 Å². The number of hydrogen-bond acceptors (Lipinski definition) is 4. The molecule has 7 aromatic carbocycles. The van der Waals surface area contributed by atoms with Crippen LogP contribution < -0.4 is 0 Å². The van der Waals surface area contributed by atoms with Crippen LogP contribution in [0.15, 0.2) is 156 Å². The summed E-state index contributed by atoms with van der Waals surface area (Å²) in [6.07, 6.45) is 0. The molecule has 0 bridgehead atoms. The number of fused-ring (bicyclic) bond motifs is 6. The highest BCUT2D eigenvalue weighted by Crippen LogP contribution is 2.41. The summed E-state index contributed by atoms with van der Waals surface area (Å²) in [7, 11) is 0. The second-order valence-corrected chi connectivity index (χ2v) is 11.3. The first-order valence-electron chi connectivity index (χ1n) is 15.0. The maximum Gasteiger partial charge on any atom is 0.164 e. The van der Waals surface area contributed by atoms with Gasteiger partial charge in [-0.15, -0.1) is 0 Å². The third-order valence-corrected chi connectivity index (χ3v) is 8.50. The largest absolute Gasteiger partial charge is 0.456 e. The lowest BCUT2D eigenvalue weighted by atomic mass is 9.97. The van der Waals surface area contributed by atoms with E-state index in [-0.39, 0.29) is 0 Å². The molecule has 0 aliphatic rings. The molecule has 0 fully saturated rings. The predicted octanol–water partition coefficient (Wildman–Crippen LogP) is 10.7.